The van der Waals surface area contributed by atoms with E-state index in [2.05, 4.69) is 15.9 Å². The molecule has 0 aliphatic carbocycles. The first-order valence-electron chi connectivity index (χ1n) is 5.91. The van der Waals surface area contributed by atoms with Gasteiger partial charge in [-0.05, 0) is 31.4 Å². The third kappa shape index (κ3) is 3.99. The summed E-state index contributed by atoms with van der Waals surface area (Å²) in [5.74, 6) is 0. The van der Waals surface area contributed by atoms with Gasteiger partial charge >= 0.3 is 0 Å². The van der Waals surface area contributed by atoms with Gasteiger partial charge in [0.25, 0.3) is 0 Å². The van der Waals surface area contributed by atoms with Crippen molar-refractivity contribution in [1.82, 2.24) is 0 Å². The molecule has 1 rings (SSSR count). The first kappa shape index (κ1) is 15.5. The largest absolute Gasteiger partial charge is 0.270 e. The standard InChI is InChI=1S/C13H20BrNO2S/c1-10-6-5-7-11(2)13(10)15(18(4,16)17)9-8-12(3)14/h5-7,12H,8-9H2,1-4H3. The zero-order valence-corrected chi connectivity index (χ0v) is 13.7. The Morgan fingerprint density at radius 1 is 1.28 bits per heavy atom. The molecule has 0 aliphatic rings. The van der Waals surface area contributed by atoms with Crippen LogP contribution in [0.25, 0.3) is 0 Å². The van der Waals surface area contributed by atoms with Crippen molar-refractivity contribution in [1.29, 1.82) is 0 Å². The van der Waals surface area contributed by atoms with Crippen molar-refractivity contribution < 1.29 is 8.42 Å². The molecule has 0 aromatic heterocycles. The Balaban J connectivity index is 3.19. The van der Waals surface area contributed by atoms with Crippen LogP contribution in [0.3, 0.4) is 0 Å². The molecule has 0 bridgehead atoms. The van der Waals surface area contributed by atoms with Gasteiger partial charge in [0.15, 0.2) is 0 Å². The second-order valence-electron chi connectivity index (χ2n) is 4.64. The van der Waals surface area contributed by atoms with Crippen LogP contribution in [0.1, 0.15) is 24.5 Å². The van der Waals surface area contributed by atoms with Gasteiger partial charge in [0, 0.05) is 11.4 Å². The van der Waals surface area contributed by atoms with Crippen LogP contribution in [0, 0.1) is 13.8 Å². The van der Waals surface area contributed by atoms with Crippen LogP contribution in [0.2, 0.25) is 0 Å². The van der Waals surface area contributed by atoms with Crippen molar-refractivity contribution in [2.24, 2.45) is 0 Å². The van der Waals surface area contributed by atoms with Crippen molar-refractivity contribution in [2.45, 2.75) is 32.0 Å². The van der Waals surface area contributed by atoms with Gasteiger partial charge < -0.3 is 0 Å². The predicted molar refractivity (Wildman–Crippen MR) is 81.1 cm³/mol. The molecule has 102 valence electrons. The smallest absolute Gasteiger partial charge is 0.232 e. The van der Waals surface area contributed by atoms with Crippen molar-refractivity contribution in [3.05, 3.63) is 29.3 Å². The second-order valence-corrected chi connectivity index (χ2v) is 8.11. The number of hydrogen-bond donors (Lipinski definition) is 0. The Morgan fingerprint density at radius 2 is 1.78 bits per heavy atom. The number of rotatable bonds is 5. The van der Waals surface area contributed by atoms with E-state index in [0.717, 1.165) is 23.2 Å². The number of nitrogens with zero attached hydrogens (tertiary/aromatic N) is 1. The molecule has 0 saturated carbocycles. The van der Waals surface area contributed by atoms with Gasteiger partial charge in [-0.2, -0.15) is 0 Å². The maximum Gasteiger partial charge on any atom is 0.232 e. The molecule has 1 aromatic rings. The Bertz CT molecular complexity index is 491. The molecule has 1 aromatic carbocycles. The van der Waals surface area contributed by atoms with Gasteiger partial charge in [0.05, 0.1) is 11.9 Å². The molecule has 0 heterocycles. The Kier molecular flexibility index (Phi) is 5.22. The lowest BCUT2D eigenvalue weighted by atomic mass is 10.1. The highest BCUT2D eigenvalue weighted by Gasteiger charge is 2.20. The molecule has 0 fully saturated rings. The van der Waals surface area contributed by atoms with Crippen LogP contribution in [-0.4, -0.2) is 26.0 Å². The number of benzene rings is 1. The minimum atomic E-state index is -3.25. The van der Waals surface area contributed by atoms with Gasteiger partial charge in [-0.15, -0.1) is 0 Å². The molecule has 1 unspecified atom stereocenters. The average molecular weight is 334 g/mol. The maximum absolute atomic E-state index is 12.0. The second kappa shape index (κ2) is 6.06. The molecule has 0 saturated heterocycles. The predicted octanol–water partition coefficient (Wildman–Crippen LogP) is 3.24. The normalized spacial score (nSPS) is 13.4. The summed E-state index contributed by atoms with van der Waals surface area (Å²) >= 11 is 3.46. The Hall–Kier alpha value is -0.550. The molecular weight excluding hydrogens is 314 g/mol. The summed E-state index contributed by atoms with van der Waals surface area (Å²) in [6, 6.07) is 5.83. The van der Waals surface area contributed by atoms with Gasteiger partial charge in [0.1, 0.15) is 0 Å². The highest BCUT2D eigenvalue weighted by atomic mass is 79.9. The zero-order chi connectivity index (χ0) is 13.9. The summed E-state index contributed by atoms with van der Waals surface area (Å²) in [6.07, 6.45) is 2.04. The van der Waals surface area contributed by atoms with E-state index < -0.39 is 10.0 Å². The number of hydrogen-bond acceptors (Lipinski definition) is 2. The van der Waals surface area contributed by atoms with Crippen LogP contribution in [-0.2, 0) is 10.0 Å². The van der Waals surface area contributed by atoms with Gasteiger partial charge in [-0.25, -0.2) is 8.42 Å². The van der Waals surface area contributed by atoms with Gasteiger partial charge in [0.2, 0.25) is 10.0 Å². The lowest BCUT2D eigenvalue weighted by molar-refractivity contribution is 0.595. The highest BCUT2D eigenvalue weighted by Crippen LogP contribution is 2.27. The van der Waals surface area contributed by atoms with E-state index in [4.69, 9.17) is 0 Å². The number of halogens is 1. The molecule has 0 aliphatic heterocycles. The van der Waals surface area contributed by atoms with E-state index in [1.807, 2.05) is 39.0 Å². The number of sulfonamides is 1. The van der Waals surface area contributed by atoms with E-state index in [0.29, 0.717) is 11.4 Å². The summed E-state index contributed by atoms with van der Waals surface area (Å²) in [5.41, 5.74) is 2.79. The number of anilines is 1. The molecule has 18 heavy (non-hydrogen) atoms. The van der Waals surface area contributed by atoms with Gasteiger partial charge in [-0.1, -0.05) is 41.1 Å². The summed E-state index contributed by atoms with van der Waals surface area (Å²) in [4.78, 5) is 0.297. The van der Waals surface area contributed by atoms with Crippen LogP contribution >= 0.6 is 15.9 Å². The number of para-hydroxylation sites is 1. The number of aryl methyl sites for hydroxylation is 2. The first-order chi connectivity index (χ1) is 8.23. The minimum absolute atomic E-state index is 0.297. The fraction of sp³-hybridized carbons (Fsp3) is 0.538. The third-order valence-corrected chi connectivity index (χ3v) is 4.44. The zero-order valence-electron chi connectivity index (χ0n) is 11.3. The van der Waals surface area contributed by atoms with E-state index in [1.54, 1.807) is 0 Å². The summed E-state index contributed by atoms with van der Waals surface area (Å²) in [7, 11) is -3.25. The molecule has 5 heteroatoms. The van der Waals surface area contributed by atoms with E-state index in [-0.39, 0.29) is 0 Å². The first-order valence-corrected chi connectivity index (χ1v) is 8.68. The van der Waals surface area contributed by atoms with E-state index in [9.17, 15) is 8.42 Å². The molecule has 0 spiro atoms. The number of alkyl halides is 1. The lowest BCUT2D eigenvalue weighted by Crippen LogP contribution is -2.33. The van der Waals surface area contributed by atoms with Crippen LogP contribution in [0.5, 0.6) is 0 Å². The SMILES string of the molecule is Cc1cccc(C)c1N(CCC(C)Br)S(C)(=O)=O. The van der Waals surface area contributed by atoms with Crippen molar-refractivity contribution in [3.8, 4) is 0 Å². The molecule has 0 amide bonds. The van der Waals surface area contributed by atoms with Crippen LogP contribution < -0.4 is 4.31 Å². The average Bonchev–Trinajstić information content (AvgIpc) is 2.20. The fourth-order valence-corrected chi connectivity index (χ4v) is 3.20. The highest BCUT2D eigenvalue weighted by molar-refractivity contribution is 9.09. The molecule has 3 nitrogen and oxygen atoms in total. The third-order valence-electron chi connectivity index (χ3n) is 2.82. The van der Waals surface area contributed by atoms with E-state index in [1.165, 1.54) is 10.6 Å². The molecule has 0 radical (unpaired) electrons. The Labute approximate surface area is 118 Å². The summed E-state index contributed by atoms with van der Waals surface area (Å²) in [5, 5.41) is 0. The monoisotopic (exact) mass is 333 g/mol. The van der Waals surface area contributed by atoms with Crippen molar-refractivity contribution >= 4 is 31.6 Å². The lowest BCUT2D eigenvalue weighted by Gasteiger charge is -2.26. The maximum atomic E-state index is 12.0. The topological polar surface area (TPSA) is 37.4 Å². The molecular formula is C13H20BrNO2S. The van der Waals surface area contributed by atoms with Crippen molar-refractivity contribution in [2.75, 3.05) is 17.1 Å². The molecule has 0 N–H and O–H groups in total. The van der Waals surface area contributed by atoms with Crippen LogP contribution in [0.15, 0.2) is 18.2 Å². The van der Waals surface area contributed by atoms with Crippen LogP contribution in [0.4, 0.5) is 5.69 Å². The van der Waals surface area contributed by atoms with Crippen molar-refractivity contribution in [3.63, 3.8) is 0 Å². The Morgan fingerprint density at radius 3 is 2.17 bits per heavy atom. The summed E-state index contributed by atoms with van der Waals surface area (Å²) < 4.78 is 25.4. The minimum Gasteiger partial charge on any atom is -0.270 e. The van der Waals surface area contributed by atoms with Gasteiger partial charge in [-0.3, -0.25) is 4.31 Å². The fourth-order valence-electron chi connectivity index (χ4n) is 1.94. The quantitative estimate of drug-likeness (QED) is 0.775. The summed E-state index contributed by atoms with van der Waals surface area (Å²) in [6.45, 7) is 6.40. The van der Waals surface area contributed by atoms with E-state index >= 15 is 0 Å². The molecule has 1 atom stereocenters.